The van der Waals surface area contributed by atoms with Crippen molar-refractivity contribution in [1.82, 2.24) is 0 Å². The Morgan fingerprint density at radius 3 is 2.79 bits per heavy atom. The van der Waals surface area contributed by atoms with Crippen molar-refractivity contribution in [1.29, 1.82) is 0 Å². The van der Waals surface area contributed by atoms with Crippen LogP contribution in [0.15, 0.2) is 24.3 Å². The quantitative estimate of drug-likeness (QED) is 0.838. The molecule has 0 saturated heterocycles. The molecule has 0 aromatic heterocycles. The van der Waals surface area contributed by atoms with Crippen LogP contribution in [0.5, 0.6) is 0 Å². The molecule has 0 aliphatic heterocycles. The van der Waals surface area contributed by atoms with Crippen LogP contribution in [0.4, 0.5) is 0 Å². The molecule has 1 rings (SSSR count). The van der Waals surface area contributed by atoms with Crippen LogP contribution in [0, 0.1) is 0 Å². The lowest BCUT2D eigenvalue weighted by molar-refractivity contribution is -0.144. The number of hydrogen-bond donors (Lipinski definition) is 1. The van der Waals surface area contributed by atoms with Crippen molar-refractivity contribution >= 4 is 17.6 Å². The summed E-state index contributed by atoms with van der Waals surface area (Å²) in [6.07, 6.45) is -0.306. The predicted octanol–water partition coefficient (Wildman–Crippen LogP) is 2.50. The molecule has 1 aromatic rings. The maximum absolute atomic E-state index is 10.3. The van der Waals surface area contributed by atoms with Gasteiger partial charge in [-0.3, -0.25) is 0 Å². The van der Waals surface area contributed by atoms with E-state index in [1.54, 1.807) is 13.0 Å². The number of carboxylic acids is 1. The lowest BCUT2D eigenvalue weighted by atomic mass is 10.1. The Morgan fingerprint density at radius 2 is 2.21 bits per heavy atom. The standard InChI is InChI=1S/C10H11ClO3/c1-7(14-6-10(12)13)8-4-2-3-5-9(8)11/h2-5,7H,6H2,1H3,(H,12,13)/t7-/m1/s1. The van der Waals surface area contributed by atoms with E-state index in [1.165, 1.54) is 0 Å². The Balaban J connectivity index is 2.65. The summed E-state index contributed by atoms with van der Waals surface area (Å²) in [5.41, 5.74) is 0.801. The van der Waals surface area contributed by atoms with Crippen molar-refractivity contribution in [3.05, 3.63) is 34.9 Å². The second-order valence-corrected chi connectivity index (χ2v) is 3.28. The number of halogens is 1. The first-order valence-electron chi connectivity index (χ1n) is 4.19. The smallest absolute Gasteiger partial charge is 0.329 e. The Hall–Kier alpha value is -1.06. The van der Waals surface area contributed by atoms with Crippen LogP contribution in [0.1, 0.15) is 18.6 Å². The highest BCUT2D eigenvalue weighted by Crippen LogP contribution is 2.24. The summed E-state index contributed by atoms with van der Waals surface area (Å²) in [5, 5.41) is 9.01. The van der Waals surface area contributed by atoms with Crippen LogP contribution >= 0.6 is 11.6 Å². The third-order valence-corrected chi connectivity index (χ3v) is 2.14. The largest absolute Gasteiger partial charge is 0.480 e. The van der Waals surface area contributed by atoms with Gasteiger partial charge in [-0.1, -0.05) is 29.8 Å². The molecular weight excluding hydrogens is 204 g/mol. The Morgan fingerprint density at radius 1 is 1.57 bits per heavy atom. The molecule has 76 valence electrons. The van der Waals surface area contributed by atoms with Crippen LogP contribution < -0.4 is 0 Å². The highest BCUT2D eigenvalue weighted by Gasteiger charge is 2.10. The normalized spacial score (nSPS) is 12.4. The molecule has 0 heterocycles. The monoisotopic (exact) mass is 214 g/mol. The summed E-state index contributed by atoms with van der Waals surface area (Å²) in [6.45, 7) is 1.45. The van der Waals surface area contributed by atoms with Gasteiger partial charge in [0, 0.05) is 5.02 Å². The number of benzene rings is 1. The van der Waals surface area contributed by atoms with Crippen molar-refractivity contribution in [2.75, 3.05) is 6.61 Å². The molecule has 0 spiro atoms. The van der Waals surface area contributed by atoms with Gasteiger partial charge in [0.2, 0.25) is 0 Å². The summed E-state index contributed by atoms with van der Waals surface area (Å²) in [5.74, 6) is -0.982. The molecule has 0 unspecified atom stereocenters. The molecule has 1 aromatic carbocycles. The Kier molecular flexibility index (Phi) is 3.92. The molecule has 4 heteroatoms. The van der Waals surface area contributed by atoms with E-state index in [-0.39, 0.29) is 12.7 Å². The van der Waals surface area contributed by atoms with Gasteiger partial charge in [-0.15, -0.1) is 0 Å². The first-order chi connectivity index (χ1) is 6.61. The lowest BCUT2D eigenvalue weighted by Gasteiger charge is -2.12. The molecule has 0 fully saturated rings. The van der Waals surface area contributed by atoms with Gasteiger partial charge in [0.1, 0.15) is 6.61 Å². The first kappa shape index (κ1) is 11.0. The van der Waals surface area contributed by atoms with Crippen LogP contribution in [0.2, 0.25) is 5.02 Å². The third-order valence-electron chi connectivity index (χ3n) is 1.80. The number of carboxylic acid groups (broad SMARTS) is 1. The number of rotatable bonds is 4. The topological polar surface area (TPSA) is 46.5 Å². The number of ether oxygens (including phenoxy) is 1. The fourth-order valence-electron chi connectivity index (χ4n) is 1.09. The van der Waals surface area contributed by atoms with E-state index in [9.17, 15) is 4.79 Å². The molecule has 0 radical (unpaired) electrons. The number of hydrogen-bond acceptors (Lipinski definition) is 2. The molecule has 0 aliphatic carbocycles. The third kappa shape index (κ3) is 3.01. The summed E-state index contributed by atoms with van der Waals surface area (Å²) in [4.78, 5) is 10.3. The van der Waals surface area contributed by atoms with Crippen molar-refractivity contribution in [2.45, 2.75) is 13.0 Å². The zero-order chi connectivity index (χ0) is 10.6. The molecule has 1 atom stereocenters. The predicted molar refractivity (Wildman–Crippen MR) is 53.5 cm³/mol. The molecule has 0 bridgehead atoms. The summed E-state index contributed by atoms with van der Waals surface area (Å²) >= 11 is 5.91. The minimum atomic E-state index is -0.982. The van der Waals surface area contributed by atoms with E-state index < -0.39 is 5.97 Å². The average Bonchev–Trinajstić information content (AvgIpc) is 2.15. The van der Waals surface area contributed by atoms with E-state index in [4.69, 9.17) is 21.4 Å². The highest BCUT2D eigenvalue weighted by molar-refractivity contribution is 6.31. The van der Waals surface area contributed by atoms with Crippen molar-refractivity contribution in [2.24, 2.45) is 0 Å². The zero-order valence-electron chi connectivity index (χ0n) is 7.74. The second-order valence-electron chi connectivity index (χ2n) is 2.87. The van der Waals surface area contributed by atoms with Crippen molar-refractivity contribution in [3.8, 4) is 0 Å². The lowest BCUT2D eigenvalue weighted by Crippen LogP contribution is -2.10. The van der Waals surface area contributed by atoms with Gasteiger partial charge in [-0.05, 0) is 18.6 Å². The van der Waals surface area contributed by atoms with Gasteiger partial charge in [0.25, 0.3) is 0 Å². The van der Waals surface area contributed by atoms with E-state index in [0.717, 1.165) is 5.56 Å². The molecule has 1 N–H and O–H groups in total. The summed E-state index contributed by atoms with van der Waals surface area (Å²) in [6, 6.07) is 7.21. The molecule has 14 heavy (non-hydrogen) atoms. The van der Waals surface area contributed by atoms with E-state index in [0.29, 0.717) is 5.02 Å². The van der Waals surface area contributed by atoms with E-state index >= 15 is 0 Å². The fourth-order valence-corrected chi connectivity index (χ4v) is 1.38. The molecule has 3 nitrogen and oxygen atoms in total. The molecule has 0 aliphatic rings. The van der Waals surface area contributed by atoms with Crippen molar-refractivity contribution in [3.63, 3.8) is 0 Å². The second kappa shape index (κ2) is 4.98. The summed E-state index contributed by atoms with van der Waals surface area (Å²) in [7, 11) is 0. The molecular formula is C10H11ClO3. The fraction of sp³-hybridized carbons (Fsp3) is 0.300. The van der Waals surface area contributed by atoms with E-state index in [1.807, 2.05) is 18.2 Å². The van der Waals surface area contributed by atoms with Crippen LogP contribution in [0.25, 0.3) is 0 Å². The van der Waals surface area contributed by atoms with E-state index in [2.05, 4.69) is 0 Å². The Bertz CT molecular complexity index is 325. The summed E-state index contributed by atoms with van der Waals surface area (Å²) < 4.78 is 5.09. The van der Waals surface area contributed by atoms with Gasteiger partial charge in [0.15, 0.2) is 0 Å². The number of carbonyl (C=O) groups is 1. The molecule has 0 amide bonds. The number of aliphatic carboxylic acids is 1. The van der Waals surface area contributed by atoms with Gasteiger partial charge in [0.05, 0.1) is 6.10 Å². The minimum absolute atomic E-state index is 0.306. The first-order valence-corrected chi connectivity index (χ1v) is 4.57. The van der Waals surface area contributed by atoms with Crippen molar-refractivity contribution < 1.29 is 14.6 Å². The maximum atomic E-state index is 10.3. The van der Waals surface area contributed by atoms with Gasteiger partial charge >= 0.3 is 5.97 Å². The Labute approximate surface area is 87.3 Å². The zero-order valence-corrected chi connectivity index (χ0v) is 8.49. The average molecular weight is 215 g/mol. The molecule has 0 saturated carbocycles. The SMILES string of the molecule is C[C@@H](OCC(=O)O)c1ccccc1Cl. The van der Waals surface area contributed by atoms with Gasteiger partial charge < -0.3 is 9.84 Å². The minimum Gasteiger partial charge on any atom is -0.480 e. The van der Waals surface area contributed by atoms with Gasteiger partial charge in [-0.25, -0.2) is 4.79 Å². The maximum Gasteiger partial charge on any atom is 0.329 e. The van der Waals surface area contributed by atoms with Crippen LogP contribution in [-0.4, -0.2) is 17.7 Å². The van der Waals surface area contributed by atoms with Gasteiger partial charge in [-0.2, -0.15) is 0 Å². The van der Waals surface area contributed by atoms with Crippen LogP contribution in [0.3, 0.4) is 0 Å². The highest BCUT2D eigenvalue weighted by atomic mass is 35.5. The van der Waals surface area contributed by atoms with Crippen LogP contribution in [-0.2, 0) is 9.53 Å².